The predicted octanol–water partition coefficient (Wildman–Crippen LogP) is 5.50. The zero-order valence-corrected chi connectivity index (χ0v) is 14.7. The van der Waals surface area contributed by atoms with E-state index in [1.165, 1.54) is 0 Å². The number of rotatable bonds is 4. The maximum absolute atomic E-state index is 11.8. The first kappa shape index (κ1) is 16.5. The molecule has 4 nitrogen and oxygen atoms in total. The number of carbonyl (C=O) groups excluding carboxylic acids is 1. The van der Waals surface area contributed by atoms with Crippen LogP contribution in [-0.2, 0) is 4.79 Å². The Bertz CT molecular complexity index is 876. The number of aryl methyl sites for hydroxylation is 2. The molecular weight excluding hydrogens is 324 g/mol. The molecule has 0 spiro atoms. The van der Waals surface area contributed by atoms with Gasteiger partial charge >= 0.3 is 0 Å². The van der Waals surface area contributed by atoms with Crippen molar-refractivity contribution in [2.75, 3.05) is 5.32 Å². The number of fused-ring (bicyclic) bond motifs is 1. The van der Waals surface area contributed by atoms with E-state index in [9.17, 15) is 4.79 Å². The Morgan fingerprint density at radius 2 is 1.96 bits per heavy atom. The van der Waals surface area contributed by atoms with Crippen LogP contribution in [0.25, 0.3) is 22.6 Å². The molecule has 0 fully saturated rings. The van der Waals surface area contributed by atoms with E-state index in [0.717, 1.165) is 28.6 Å². The van der Waals surface area contributed by atoms with Gasteiger partial charge in [-0.25, -0.2) is 4.98 Å². The van der Waals surface area contributed by atoms with Crippen LogP contribution in [0.1, 0.15) is 30.9 Å². The molecule has 1 heterocycles. The Labute approximate surface area is 145 Å². The maximum atomic E-state index is 11.8. The number of nitrogens with zero attached hydrogens (tertiary/aromatic N) is 1. The number of hydrogen-bond donors (Lipinski definition) is 1. The average Bonchev–Trinajstić information content (AvgIpc) is 2.92. The molecule has 0 aliphatic heterocycles. The van der Waals surface area contributed by atoms with E-state index in [1.54, 1.807) is 18.2 Å². The Balaban J connectivity index is 2.00. The van der Waals surface area contributed by atoms with E-state index >= 15 is 0 Å². The quantitative estimate of drug-likeness (QED) is 0.680. The van der Waals surface area contributed by atoms with E-state index in [-0.39, 0.29) is 5.91 Å². The van der Waals surface area contributed by atoms with Gasteiger partial charge in [-0.1, -0.05) is 18.5 Å². The van der Waals surface area contributed by atoms with E-state index < -0.39 is 0 Å². The molecule has 1 amide bonds. The fourth-order valence-corrected chi connectivity index (χ4v) is 2.71. The fraction of sp³-hybridized carbons (Fsp3) is 0.263. The highest BCUT2D eigenvalue weighted by Crippen LogP contribution is 2.33. The summed E-state index contributed by atoms with van der Waals surface area (Å²) in [6, 6.07) is 9.28. The van der Waals surface area contributed by atoms with Crippen molar-refractivity contribution in [2.45, 2.75) is 33.6 Å². The molecule has 0 saturated carbocycles. The van der Waals surface area contributed by atoms with Crippen molar-refractivity contribution in [1.82, 2.24) is 4.98 Å². The summed E-state index contributed by atoms with van der Waals surface area (Å²) in [5, 5.41) is 3.40. The summed E-state index contributed by atoms with van der Waals surface area (Å²) in [5.41, 5.74) is 5.18. The second-order valence-electron chi connectivity index (χ2n) is 5.92. The summed E-state index contributed by atoms with van der Waals surface area (Å²) >= 11 is 6.31. The second-order valence-corrected chi connectivity index (χ2v) is 6.32. The van der Waals surface area contributed by atoms with Crippen LogP contribution in [0.2, 0.25) is 5.02 Å². The molecule has 0 saturated heterocycles. The molecule has 124 valence electrons. The molecule has 0 radical (unpaired) electrons. The van der Waals surface area contributed by atoms with Crippen LogP contribution in [0.4, 0.5) is 5.69 Å². The lowest BCUT2D eigenvalue weighted by molar-refractivity contribution is -0.116. The normalized spacial score (nSPS) is 11.0. The first-order chi connectivity index (χ1) is 11.5. The molecule has 2 aromatic carbocycles. The predicted molar refractivity (Wildman–Crippen MR) is 97.5 cm³/mol. The molecule has 0 aliphatic carbocycles. The second kappa shape index (κ2) is 6.65. The SMILES string of the molecule is CCCC(=O)Nc1ccc(Cl)c(-c2nc3cc(C)c(C)cc3o2)c1. The van der Waals surface area contributed by atoms with Gasteiger partial charge < -0.3 is 9.73 Å². The van der Waals surface area contributed by atoms with Gasteiger partial charge in [0.25, 0.3) is 0 Å². The van der Waals surface area contributed by atoms with Crippen LogP contribution in [0, 0.1) is 13.8 Å². The molecule has 3 rings (SSSR count). The highest BCUT2D eigenvalue weighted by molar-refractivity contribution is 6.33. The summed E-state index contributed by atoms with van der Waals surface area (Å²) in [5.74, 6) is 0.432. The number of oxazole rings is 1. The minimum Gasteiger partial charge on any atom is -0.436 e. The number of aromatic nitrogens is 1. The van der Waals surface area contributed by atoms with Gasteiger partial charge in [0.2, 0.25) is 11.8 Å². The fourth-order valence-electron chi connectivity index (χ4n) is 2.51. The van der Waals surface area contributed by atoms with Gasteiger partial charge in [-0.05, 0) is 61.7 Å². The van der Waals surface area contributed by atoms with Crippen LogP contribution in [0.15, 0.2) is 34.7 Å². The van der Waals surface area contributed by atoms with Gasteiger partial charge in [0.1, 0.15) is 5.52 Å². The van der Waals surface area contributed by atoms with Crippen molar-refractivity contribution < 1.29 is 9.21 Å². The van der Waals surface area contributed by atoms with E-state index in [1.807, 2.05) is 32.9 Å². The zero-order valence-electron chi connectivity index (χ0n) is 13.9. The van der Waals surface area contributed by atoms with Crippen molar-refractivity contribution in [3.63, 3.8) is 0 Å². The minimum atomic E-state index is -0.0189. The molecule has 0 atom stereocenters. The summed E-state index contributed by atoms with van der Waals surface area (Å²) in [7, 11) is 0. The van der Waals surface area contributed by atoms with Gasteiger partial charge in [-0.2, -0.15) is 0 Å². The Morgan fingerprint density at radius 3 is 2.71 bits per heavy atom. The molecular formula is C19H19ClN2O2. The number of amides is 1. The lowest BCUT2D eigenvalue weighted by Gasteiger charge is -2.07. The van der Waals surface area contributed by atoms with Crippen LogP contribution in [0.3, 0.4) is 0 Å². The van der Waals surface area contributed by atoms with E-state index in [2.05, 4.69) is 10.3 Å². The van der Waals surface area contributed by atoms with Gasteiger partial charge in [-0.15, -0.1) is 0 Å². The smallest absolute Gasteiger partial charge is 0.228 e. The van der Waals surface area contributed by atoms with Gasteiger partial charge in [0, 0.05) is 12.1 Å². The minimum absolute atomic E-state index is 0.0189. The Hall–Kier alpha value is -2.33. The van der Waals surface area contributed by atoms with Crippen LogP contribution >= 0.6 is 11.6 Å². The van der Waals surface area contributed by atoms with Crippen molar-refractivity contribution in [3.05, 3.63) is 46.5 Å². The van der Waals surface area contributed by atoms with Crippen molar-refractivity contribution in [3.8, 4) is 11.5 Å². The van der Waals surface area contributed by atoms with Crippen LogP contribution in [-0.4, -0.2) is 10.9 Å². The van der Waals surface area contributed by atoms with Crippen molar-refractivity contribution in [1.29, 1.82) is 0 Å². The third-order valence-corrected chi connectivity index (χ3v) is 4.29. The highest BCUT2D eigenvalue weighted by Gasteiger charge is 2.14. The summed E-state index contributed by atoms with van der Waals surface area (Å²) in [4.78, 5) is 16.3. The van der Waals surface area contributed by atoms with Gasteiger partial charge in [-0.3, -0.25) is 4.79 Å². The van der Waals surface area contributed by atoms with Crippen LogP contribution in [0.5, 0.6) is 0 Å². The van der Waals surface area contributed by atoms with Crippen molar-refractivity contribution in [2.24, 2.45) is 0 Å². The van der Waals surface area contributed by atoms with Gasteiger partial charge in [0.15, 0.2) is 5.58 Å². The number of carbonyl (C=O) groups is 1. The number of halogens is 1. The molecule has 1 aromatic heterocycles. The maximum Gasteiger partial charge on any atom is 0.228 e. The largest absolute Gasteiger partial charge is 0.436 e. The summed E-state index contributed by atoms with van der Waals surface area (Å²) in [6.07, 6.45) is 1.29. The highest BCUT2D eigenvalue weighted by atomic mass is 35.5. The molecule has 3 aromatic rings. The third kappa shape index (κ3) is 3.29. The summed E-state index contributed by atoms with van der Waals surface area (Å²) < 4.78 is 5.87. The number of hydrogen-bond acceptors (Lipinski definition) is 3. The molecule has 0 unspecified atom stereocenters. The topological polar surface area (TPSA) is 55.1 Å². The third-order valence-electron chi connectivity index (χ3n) is 3.96. The molecule has 1 N–H and O–H groups in total. The summed E-state index contributed by atoms with van der Waals surface area (Å²) in [6.45, 7) is 6.04. The first-order valence-electron chi connectivity index (χ1n) is 7.95. The lowest BCUT2D eigenvalue weighted by Crippen LogP contribution is -2.10. The Morgan fingerprint density at radius 1 is 1.21 bits per heavy atom. The van der Waals surface area contributed by atoms with E-state index in [0.29, 0.717) is 28.6 Å². The van der Waals surface area contributed by atoms with Crippen LogP contribution < -0.4 is 5.32 Å². The molecule has 0 bridgehead atoms. The standard InChI is InChI=1S/C19H19ClN2O2/c1-4-5-18(23)21-13-6-7-15(20)14(10-13)19-22-16-8-11(2)12(3)9-17(16)24-19/h6-10H,4-5H2,1-3H3,(H,21,23). The molecule has 0 aliphatic rings. The van der Waals surface area contributed by atoms with E-state index in [4.69, 9.17) is 16.0 Å². The average molecular weight is 343 g/mol. The number of benzene rings is 2. The monoisotopic (exact) mass is 342 g/mol. The molecule has 5 heteroatoms. The first-order valence-corrected chi connectivity index (χ1v) is 8.33. The zero-order chi connectivity index (χ0) is 17.3. The number of nitrogens with one attached hydrogen (secondary N) is 1. The lowest BCUT2D eigenvalue weighted by atomic mass is 10.1. The molecule has 24 heavy (non-hydrogen) atoms. The van der Waals surface area contributed by atoms with Crippen molar-refractivity contribution >= 4 is 34.3 Å². The van der Waals surface area contributed by atoms with Gasteiger partial charge in [0.05, 0.1) is 10.6 Å². The Kier molecular flexibility index (Phi) is 4.58. The number of anilines is 1.